The molecule has 1 aromatic heterocycles. The van der Waals surface area contributed by atoms with Crippen molar-refractivity contribution in [1.29, 1.82) is 5.41 Å². The molecule has 1 aromatic carbocycles. The van der Waals surface area contributed by atoms with Gasteiger partial charge in [0.05, 0.1) is 12.7 Å². The molecule has 0 radical (unpaired) electrons. The van der Waals surface area contributed by atoms with E-state index in [0.29, 0.717) is 0 Å². The highest BCUT2D eigenvalue weighted by Gasteiger charge is 2.14. The zero-order chi connectivity index (χ0) is 12.4. The van der Waals surface area contributed by atoms with Crippen LogP contribution in [0.5, 0.6) is 0 Å². The van der Waals surface area contributed by atoms with Gasteiger partial charge in [-0.05, 0) is 32.0 Å². The van der Waals surface area contributed by atoms with Crippen LogP contribution in [0.25, 0.3) is 5.69 Å². The molecule has 0 amide bonds. The smallest absolute Gasteiger partial charge is 0.214 e. The molecule has 1 N–H and O–H groups in total. The largest absolute Gasteiger partial charge is 0.481 e. The van der Waals surface area contributed by atoms with Gasteiger partial charge < -0.3 is 9.30 Å². The summed E-state index contributed by atoms with van der Waals surface area (Å²) in [7, 11) is 1.52. The van der Waals surface area contributed by atoms with Gasteiger partial charge in [0.15, 0.2) is 0 Å². The molecule has 0 aliphatic rings. The first-order chi connectivity index (χ1) is 8.15. The van der Waals surface area contributed by atoms with E-state index in [-0.39, 0.29) is 5.90 Å². The number of nitrogens with zero attached hydrogens (tertiary/aromatic N) is 1. The Morgan fingerprint density at radius 2 is 1.82 bits per heavy atom. The zero-order valence-electron chi connectivity index (χ0n) is 10.3. The van der Waals surface area contributed by atoms with E-state index in [1.807, 2.05) is 38.1 Å². The lowest BCUT2D eigenvalue weighted by Crippen LogP contribution is -2.04. The summed E-state index contributed by atoms with van der Waals surface area (Å²) >= 11 is 0. The predicted molar refractivity (Wildman–Crippen MR) is 69.1 cm³/mol. The Morgan fingerprint density at radius 3 is 2.41 bits per heavy atom. The van der Waals surface area contributed by atoms with Crippen molar-refractivity contribution in [3.8, 4) is 5.69 Å². The van der Waals surface area contributed by atoms with Gasteiger partial charge in [-0.1, -0.05) is 18.2 Å². The Labute approximate surface area is 101 Å². The number of nitrogens with one attached hydrogen (secondary N) is 1. The van der Waals surface area contributed by atoms with Crippen LogP contribution < -0.4 is 0 Å². The van der Waals surface area contributed by atoms with E-state index in [1.165, 1.54) is 7.11 Å². The molecule has 2 aromatic rings. The third-order valence-corrected chi connectivity index (χ3v) is 2.89. The molecule has 3 heteroatoms. The maximum atomic E-state index is 7.76. The monoisotopic (exact) mass is 228 g/mol. The minimum atomic E-state index is 0.209. The molecule has 0 saturated carbocycles. The Hall–Kier alpha value is -2.03. The molecular formula is C14H16N2O. The summed E-state index contributed by atoms with van der Waals surface area (Å²) in [6, 6.07) is 12.1. The van der Waals surface area contributed by atoms with Crippen LogP contribution in [-0.4, -0.2) is 17.6 Å². The van der Waals surface area contributed by atoms with Crippen LogP contribution in [0, 0.1) is 19.3 Å². The first kappa shape index (κ1) is 11.5. The van der Waals surface area contributed by atoms with E-state index in [9.17, 15) is 0 Å². The summed E-state index contributed by atoms with van der Waals surface area (Å²) in [4.78, 5) is 0. The predicted octanol–water partition coefficient (Wildman–Crippen LogP) is 3.07. The highest BCUT2D eigenvalue weighted by Crippen LogP contribution is 2.20. The van der Waals surface area contributed by atoms with Gasteiger partial charge in [-0.25, -0.2) is 0 Å². The quantitative estimate of drug-likeness (QED) is 0.622. The normalized spacial score (nSPS) is 10.3. The lowest BCUT2D eigenvalue weighted by Gasteiger charge is -2.09. The van der Waals surface area contributed by atoms with Crippen molar-refractivity contribution in [3.05, 3.63) is 53.3 Å². The molecule has 0 atom stereocenters. The van der Waals surface area contributed by atoms with Crippen LogP contribution in [0.3, 0.4) is 0 Å². The van der Waals surface area contributed by atoms with Crippen LogP contribution in [0.2, 0.25) is 0 Å². The number of aryl methyl sites for hydroxylation is 1. The van der Waals surface area contributed by atoms with Crippen LogP contribution in [0.1, 0.15) is 17.0 Å². The van der Waals surface area contributed by atoms with Gasteiger partial charge >= 0.3 is 0 Å². The van der Waals surface area contributed by atoms with E-state index >= 15 is 0 Å². The highest BCUT2D eigenvalue weighted by molar-refractivity contribution is 5.93. The minimum absolute atomic E-state index is 0.209. The molecule has 0 unspecified atom stereocenters. The number of methoxy groups -OCH3 is 1. The zero-order valence-corrected chi connectivity index (χ0v) is 10.3. The Bertz CT molecular complexity index is 541. The van der Waals surface area contributed by atoms with E-state index in [4.69, 9.17) is 10.1 Å². The molecule has 0 bridgehead atoms. The van der Waals surface area contributed by atoms with Crippen molar-refractivity contribution in [1.82, 2.24) is 4.57 Å². The topological polar surface area (TPSA) is 38.0 Å². The molecule has 0 spiro atoms. The number of hydrogen-bond acceptors (Lipinski definition) is 2. The molecule has 17 heavy (non-hydrogen) atoms. The van der Waals surface area contributed by atoms with E-state index in [0.717, 1.165) is 22.6 Å². The molecule has 2 rings (SSSR count). The molecule has 0 fully saturated rings. The van der Waals surface area contributed by atoms with Crippen molar-refractivity contribution in [3.63, 3.8) is 0 Å². The van der Waals surface area contributed by atoms with E-state index in [1.54, 1.807) is 0 Å². The summed E-state index contributed by atoms with van der Waals surface area (Å²) in [6.07, 6.45) is 0. The second kappa shape index (κ2) is 4.45. The fourth-order valence-corrected chi connectivity index (χ4v) is 2.08. The molecule has 3 nitrogen and oxygen atoms in total. The average molecular weight is 228 g/mol. The molecule has 1 heterocycles. The highest BCUT2D eigenvalue weighted by atomic mass is 16.5. The van der Waals surface area contributed by atoms with Crippen molar-refractivity contribution < 1.29 is 4.74 Å². The Morgan fingerprint density at radius 1 is 1.18 bits per heavy atom. The third kappa shape index (κ3) is 1.96. The van der Waals surface area contributed by atoms with Crippen molar-refractivity contribution in [2.75, 3.05) is 7.11 Å². The summed E-state index contributed by atoms with van der Waals surface area (Å²) in [5.74, 6) is 0.209. The van der Waals surface area contributed by atoms with Gasteiger partial charge in [-0.3, -0.25) is 5.41 Å². The maximum absolute atomic E-state index is 7.76. The number of rotatable bonds is 2. The fourth-order valence-electron chi connectivity index (χ4n) is 2.08. The fraction of sp³-hybridized carbons (Fsp3) is 0.214. The van der Waals surface area contributed by atoms with E-state index < -0.39 is 0 Å². The maximum Gasteiger partial charge on any atom is 0.214 e. The molecular weight excluding hydrogens is 212 g/mol. The van der Waals surface area contributed by atoms with Crippen LogP contribution in [0.15, 0.2) is 36.4 Å². The van der Waals surface area contributed by atoms with Crippen LogP contribution in [-0.2, 0) is 4.74 Å². The first-order valence-electron chi connectivity index (χ1n) is 5.52. The SMILES string of the molecule is COC(=N)c1cc(C)n(-c2ccccc2)c1C. The first-order valence-corrected chi connectivity index (χ1v) is 5.52. The van der Waals surface area contributed by atoms with Crippen molar-refractivity contribution in [2.45, 2.75) is 13.8 Å². The summed E-state index contributed by atoms with van der Waals surface area (Å²) in [6.45, 7) is 4.04. The van der Waals surface area contributed by atoms with E-state index in [2.05, 4.69) is 16.7 Å². The van der Waals surface area contributed by atoms with Crippen molar-refractivity contribution >= 4 is 5.90 Å². The summed E-state index contributed by atoms with van der Waals surface area (Å²) in [5.41, 5.74) is 4.08. The Balaban J connectivity index is 2.57. The van der Waals surface area contributed by atoms with Gasteiger partial charge in [0.25, 0.3) is 0 Å². The lowest BCUT2D eigenvalue weighted by molar-refractivity contribution is 0.401. The van der Waals surface area contributed by atoms with Crippen molar-refractivity contribution in [2.24, 2.45) is 0 Å². The second-order valence-electron chi connectivity index (χ2n) is 3.99. The second-order valence-corrected chi connectivity index (χ2v) is 3.99. The molecule has 0 saturated heterocycles. The molecule has 88 valence electrons. The standard InChI is InChI=1S/C14H16N2O/c1-10-9-13(14(15)17-3)11(2)16(10)12-7-5-4-6-8-12/h4-9,15H,1-3H3. The van der Waals surface area contributed by atoms with Crippen LogP contribution >= 0.6 is 0 Å². The summed E-state index contributed by atoms with van der Waals surface area (Å²) in [5, 5.41) is 7.76. The number of ether oxygens (including phenoxy) is 1. The minimum Gasteiger partial charge on any atom is -0.481 e. The van der Waals surface area contributed by atoms with Gasteiger partial charge in [0.2, 0.25) is 5.90 Å². The third-order valence-electron chi connectivity index (χ3n) is 2.89. The molecule has 0 aliphatic carbocycles. The number of benzene rings is 1. The number of aromatic nitrogens is 1. The van der Waals surface area contributed by atoms with Gasteiger partial charge in [0.1, 0.15) is 0 Å². The van der Waals surface area contributed by atoms with Crippen LogP contribution in [0.4, 0.5) is 0 Å². The molecule has 0 aliphatic heterocycles. The average Bonchev–Trinajstić information content (AvgIpc) is 2.65. The Kier molecular flexibility index (Phi) is 3.00. The number of para-hydroxylation sites is 1. The van der Waals surface area contributed by atoms with Gasteiger partial charge in [-0.15, -0.1) is 0 Å². The summed E-state index contributed by atoms with van der Waals surface area (Å²) < 4.78 is 7.12. The lowest BCUT2D eigenvalue weighted by atomic mass is 10.2. The van der Waals surface area contributed by atoms with Gasteiger partial charge in [0, 0.05) is 17.1 Å². The number of hydrogen-bond donors (Lipinski definition) is 1. The van der Waals surface area contributed by atoms with Gasteiger partial charge in [-0.2, -0.15) is 0 Å².